The molecular weight excluding hydrogens is 378 g/mol. The molecule has 2 fully saturated rings. The van der Waals surface area contributed by atoms with Gasteiger partial charge in [-0.3, -0.25) is 14.9 Å². The van der Waals surface area contributed by atoms with E-state index in [0.29, 0.717) is 16.3 Å². The minimum Gasteiger partial charge on any atom is -0.372 e. The van der Waals surface area contributed by atoms with Gasteiger partial charge >= 0.3 is 6.03 Å². The first-order chi connectivity index (χ1) is 13.5. The Morgan fingerprint density at radius 2 is 1.64 bits per heavy atom. The van der Waals surface area contributed by atoms with Crippen molar-refractivity contribution < 1.29 is 14.4 Å². The minimum absolute atomic E-state index is 0.103. The summed E-state index contributed by atoms with van der Waals surface area (Å²) in [5.74, 6) is -1.39. The van der Waals surface area contributed by atoms with Crippen molar-refractivity contribution in [2.24, 2.45) is 0 Å². The Morgan fingerprint density at radius 3 is 2.32 bits per heavy atom. The van der Waals surface area contributed by atoms with Crippen LogP contribution < -0.4 is 15.1 Å². The van der Waals surface area contributed by atoms with Crippen LogP contribution in [0, 0.1) is 0 Å². The van der Waals surface area contributed by atoms with E-state index >= 15 is 0 Å². The number of nitrogens with one attached hydrogen (secondary N) is 1. The van der Waals surface area contributed by atoms with E-state index in [4.69, 9.17) is 11.6 Å². The van der Waals surface area contributed by atoms with Crippen molar-refractivity contribution in [3.05, 3.63) is 64.7 Å². The molecule has 2 heterocycles. The van der Waals surface area contributed by atoms with E-state index in [2.05, 4.69) is 10.2 Å². The molecule has 0 radical (unpaired) electrons. The fourth-order valence-electron chi connectivity index (χ4n) is 3.43. The average molecular weight is 396 g/mol. The molecule has 7 heteroatoms. The molecule has 4 rings (SSSR count). The van der Waals surface area contributed by atoms with Crippen molar-refractivity contribution in [1.82, 2.24) is 5.32 Å². The molecule has 0 unspecified atom stereocenters. The van der Waals surface area contributed by atoms with Crippen molar-refractivity contribution in [2.75, 3.05) is 22.9 Å². The molecule has 2 aromatic carbocycles. The Hall–Kier alpha value is -3.12. The SMILES string of the molecule is O=C1NC(=O)N(c2cccc(Cl)c2)C(=O)/C1=C/c1ccc(N2CCCC2)cc1. The number of hydrogen-bond acceptors (Lipinski definition) is 4. The summed E-state index contributed by atoms with van der Waals surface area (Å²) in [5.41, 5.74) is 2.03. The summed E-state index contributed by atoms with van der Waals surface area (Å²) >= 11 is 5.97. The Balaban J connectivity index is 1.63. The lowest BCUT2D eigenvalue weighted by Gasteiger charge is -2.26. The zero-order valence-electron chi connectivity index (χ0n) is 15.0. The van der Waals surface area contributed by atoms with Gasteiger partial charge in [-0.05, 0) is 54.8 Å². The molecule has 0 aliphatic carbocycles. The number of anilines is 2. The number of hydrogen-bond donors (Lipinski definition) is 1. The first kappa shape index (κ1) is 18.3. The van der Waals surface area contributed by atoms with Crippen LogP contribution in [0.5, 0.6) is 0 Å². The zero-order chi connectivity index (χ0) is 19.7. The highest BCUT2D eigenvalue weighted by atomic mass is 35.5. The largest absolute Gasteiger partial charge is 0.372 e. The third-order valence-electron chi connectivity index (χ3n) is 4.84. The first-order valence-electron chi connectivity index (χ1n) is 9.05. The summed E-state index contributed by atoms with van der Waals surface area (Å²) in [5, 5.41) is 2.60. The minimum atomic E-state index is -0.793. The van der Waals surface area contributed by atoms with Crippen LogP contribution >= 0.6 is 11.6 Å². The smallest absolute Gasteiger partial charge is 0.335 e. The normalized spacial score (nSPS) is 18.8. The summed E-state index contributed by atoms with van der Waals surface area (Å²) in [6.07, 6.45) is 3.87. The van der Waals surface area contributed by atoms with E-state index in [1.807, 2.05) is 24.3 Å². The predicted octanol–water partition coefficient (Wildman–Crippen LogP) is 3.61. The highest BCUT2D eigenvalue weighted by Crippen LogP contribution is 2.25. The van der Waals surface area contributed by atoms with Crippen molar-refractivity contribution in [1.29, 1.82) is 0 Å². The van der Waals surface area contributed by atoms with Crippen molar-refractivity contribution in [3.8, 4) is 0 Å². The Kier molecular flexibility index (Phi) is 4.88. The van der Waals surface area contributed by atoms with Crippen molar-refractivity contribution >= 4 is 46.9 Å². The van der Waals surface area contributed by atoms with Gasteiger partial charge in [0, 0.05) is 23.8 Å². The Morgan fingerprint density at radius 1 is 0.929 bits per heavy atom. The third kappa shape index (κ3) is 3.51. The summed E-state index contributed by atoms with van der Waals surface area (Å²) in [4.78, 5) is 40.5. The number of benzene rings is 2. The van der Waals surface area contributed by atoms with Crippen LogP contribution in [0.2, 0.25) is 5.02 Å². The van der Waals surface area contributed by atoms with Gasteiger partial charge in [0.25, 0.3) is 11.8 Å². The van der Waals surface area contributed by atoms with E-state index < -0.39 is 17.8 Å². The number of imide groups is 2. The standard InChI is InChI=1S/C21H18ClN3O3/c22-15-4-3-5-17(13-15)25-20(27)18(19(26)23-21(25)28)12-14-6-8-16(9-7-14)24-10-1-2-11-24/h3-9,12-13H,1-2,10-11H2,(H,23,26,28)/b18-12+. The number of halogens is 1. The van der Waals surface area contributed by atoms with Gasteiger partial charge in [-0.25, -0.2) is 9.69 Å². The number of carbonyl (C=O) groups is 3. The maximum Gasteiger partial charge on any atom is 0.335 e. The second kappa shape index (κ2) is 7.48. The molecule has 0 bridgehead atoms. The molecule has 2 saturated heterocycles. The van der Waals surface area contributed by atoms with Gasteiger partial charge in [0.1, 0.15) is 5.57 Å². The average Bonchev–Trinajstić information content (AvgIpc) is 3.20. The number of urea groups is 1. The topological polar surface area (TPSA) is 69.7 Å². The third-order valence-corrected chi connectivity index (χ3v) is 5.08. The lowest BCUT2D eigenvalue weighted by molar-refractivity contribution is -0.122. The second-order valence-electron chi connectivity index (χ2n) is 6.72. The fraction of sp³-hybridized carbons (Fsp3) is 0.190. The van der Waals surface area contributed by atoms with E-state index in [-0.39, 0.29) is 5.57 Å². The van der Waals surface area contributed by atoms with Gasteiger partial charge in [0.15, 0.2) is 0 Å². The monoisotopic (exact) mass is 395 g/mol. The molecule has 0 aromatic heterocycles. The summed E-state index contributed by atoms with van der Waals surface area (Å²) in [6, 6.07) is 13.2. The molecule has 28 heavy (non-hydrogen) atoms. The van der Waals surface area contributed by atoms with Crippen LogP contribution in [0.25, 0.3) is 6.08 Å². The highest BCUT2D eigenvalue weighted by molar-refractivity contribution is 6.39. The maximum atomic E-state index is 12.9. The highest BCUT2D eigenvalue weighted by Gasteiger charge is 2.36. The van der Waals surface area contributed by atoms with E-state index in [9.17, 15) is 14.4 Å². The van der Waals surface area contributed by atoms with E-state index in [0.717, 1.165) is 23.7 Å². The molecule has 0 spiro atoms. The van der Waals surface area contributed by atoms with Gasteiger partial charge in [-0.1, -0.05) is 29.8 Å². The number of carbonyl (C=O) groups excluding carboxylic acids is 3. The molecular formula is C21H18ClN3O3. The predicted molar refractivity (Wildman–Crippen MR) is 108 cm³/mol. The lowest BCUT2D eigenvalue weighted by atomic mass is 10.1. The van der Waals surface area contributed by atoms with E-state index in [1.54, 1.807) is 18.2 Å². The van der Waals surface area contributed by atoms with E-state index in [1.165, 1.54) is 25.0 Å². The van der Waals surface area contributed by atoms with Crippen LogP contribution in [-0.4, -0.2) is 30.9 Å². The van der Waals surface area contributed by atoms with Crippen LogP contribution in [-0.2, 0) is 9.59 Å². The van der Waals surface area contributed by atoms with Crippen molar-refractivity contribution in [2.45, 2.75) is 12.8 Å². The maximum absolute atomic E-state index is 12.9. The van der Waals surface area contributed by atoms with Gasteiger partial charge in [0.05, 0.1) is 5.69 Å². The second-order valence-corrected chi connectivity index (χ2v) is 7.16. The summed E-state index contributed by atoms with van der Waals surface area (Å²) < 4.78 is 0. The quantitative estimate of drug-likeness (QED) is 0.636. The molecule has 0 atom stereocenters. The molecule has 142 valence electrons. The zero-order valence-corrected chi connectivity index (χ0v) is 15.8. The molecule has 6 nitrogen and oxygen atoms in total. The molecule has 2 aliphatic heterocycles. The molecule has 4 amide bonds. The molecule has 0 saturated carbocycles. The van der Waals surface area contributed by atoms with Gasteiger partial charge < -0.3 is 4.90 Å². The van der Waals surface area contributed by atoms with Crippen LogP contribution in [0.4, 0.5) is 16.2 Å². The summed E-state index contributed by atoms with van der Waals surface area (Å²) in [7, 11) is 0. The number of amides is 4. The molecule has 1 N–H and O–H groups in total. The van der Waals surface area contributed by atoms with Gasteiger partial charge in [0.2, 0.25) is 0 Å². The number of nitrogens with zero attached hydrogens (tertiary/aromatic N) is 2. The Labute approximate surface area is 167 Å². The first-order valence-corrected chi connectivity index (χ1v) is 9.43. The molecule has 2 aromatic rings. The molecule has 2 aliphatic rings. The van der Waals surface area contributed by atoms with Crippen LogP contribution in [0.1, 0.15) is 18.4 Å². The van der Waals surface area contributed by atoms with Crippen molar-refractivity contribution in [3.63, 3.8) is 0 Å². The fourth-order valence-corrected chi connectivity index (χ4v) is 3.62. The number of barbiturate groups is 1. The van der Waals surface area contributed by atoms with Gasteiger partial charge in [-0.15, -0.1) is 0 Å². The summed E-state index contributed by atoms with van der Waals surface area (Å²) in [6.45, 7) is 2.08. The lowest BCUT2D eigenvalue weighted by Crippen LogP contribution is -2.54. The number of rotatable bonds is 3. The van der Waals surface area contributed by atoms with Gasteiger partial charge in [-0.2, -0.15) is 0 Å². The Bertz CT molecular complexity index is 979. The van der Waals surface area contributed by atoms with Crippen LogP contribution in [0.15, 0.2) is 54.1 Å². The van der Waals surface area contributed by atoms with Crippen LogP contribution in [0.3, 0.4) is 0 Å².